The van der Waals surface area contributed by atoms with Crippen molar-refractivity contribution in [3.63, 3.8) is 0 Å². The normalized spacial score (nSPS) is 57.7. The standard InChI is InChI=1S/C26H34O6/c1-22-9-6-18-19(26(22,28)11-8-17(22)15-4-5-21(27)29-14-15)7-10-25-13-16-12-20(23(18,25)2)31-24(3,30-16)32-25/h4-5,14,16-20,28H,6-13H2,1-3H3. The third-order valence-electron chi connectivity index (χ3n) is 11.2. The smallest absolute Gasteiger partial charge is 0.335 e. The first-order valence-electron chi connectivity index (χ1n) is 12.5. The zero-order valence-electron chi connectivity index (χ0n) is 19.3. The molecule has 4 heterocycles. The van der Waals surface area contributed by atoms with Crippen LogP contribution in [0.4, 0.5) is 0 Å². The van der Waals surface area contributed by atoms with Gasteiger partial charge in [0.05, 0.1) is 29.7 Å². The molecule has 1 spiro atoms. The Hall–Kier alpha value is -1.21. The summed E-state index contributed by atoms with van der Waals surface area (Å²) < 4.78 is 24.4. The van der Waals surface area contributed by atoms with Crippen LogP contribution in [0.15, 0.2) is 27.6 Å². The Morgan fingerprint density at radius 3 is 2.56 bits per heavy atom. The van der Waals surface area contributed by atoms with Crippen molar-refractivity contribution >= 4 is 0 Å². The minimum absolute atomic E-state index is 0.107. The molecule has 32 heavy (non-hydrogen) atoms. The van der Waals surface area contributed by atoms with Crippen molar-refractivity contribution in [2.75, 3.05) is 0 Å². The van der Waals surface area contributed by atoms with Gasteiger partial charge >= 0.3 is 5.63 Å². The van der Waals surface area contributed by atoms with E-state index < -0.39 is 11.6 Å². The fourth-order valence-electron chi connectivity index (χ4n) is 9.76. The molecule has 1 N–H and O–H groups in total. The molecule has 0 aromatic carbocycles. The van der Waals surface area contributed by atoms with E-state index in [2.05, 4.69) is 13.8 Å². The van der Waals surface area contributed by atoms with Crippen LogP contribution in [0.3, 0.4) is 0 Å². The number of ether oxygens (including phenoxy) is 3. The maximum atomic E-state index is 12.4. The molecule has 6 heteroatoms. The van der Waals surface area contributed by atoms with Crippen LogP contribution in [-0.4, -0.2) is 34.5 Å². The van der Waals surface area contributed by atoms with Gasteiger partial charge in [0.2, 0.25) is 0 Å². The third kappa shape index (κ3) is 2.15. The molecular formula is C26H34O6. The minimum Gasteiger partial charge on any atom is -0.431 e. The number of fused-ring (bicyclic) bond motifs is 3. The highest BCUT2D eigenvalue weighted by Crippen LogP contribution is 2.74. The van der Waals surface area contributed by atoms with Crippen molar-refractivity contribution in [1.82, 2.24) is 0 Å². The predicted octanol–water partition coefficient (Wildman–Crippen LogP) is 4.10. The van der Waals surface area contributed by atoms with E-state index >= 15 is 0 Å². The van der Waals surface area contributed by atoms with Gasteiger partial charge in [-0.15, -0.1) is 0 Å². The first kappa shape index (κ1) is 20.2. The lowest BCUT2D eigenvalue weighted by Gasteiger charge is -2.74. The molecule has 10 unspecified atom stereocenters. The van der Waals surface area contributed by atoms with Crippen LogP contribution in [-0.2, 0) is 14.2 Å². The summed E-state index contributed by atoms with van der Waals surface area (Å²) in [6, 6.07) is 3.41. The lowest BCUT2D eigenvalue weighted by molar-refractivity contribution is -0.548. The second-order valence-electron chi connectivity index (χ2n) is 12.1. The molecule has 0 radical (unpaired) electrons. The van der Waals surface area contributed by atoms with Crippen LogP contribution >= 0.6 is 0 Å². The van der Waals surface area contributed by atoms with Crippen molar-refractivity contribution in [3.8, 4) is 0 Å². The summed E-state index contributed by atoms with van der Waals surface area (Å²) in [6.07, 6.45) is 9.54. The molecule has 6 nitrogen and oxygen atoms in total. The average molecular weight is 443 g/mol. The Balaban J connectivity index is 1.27. The predicted molar refractivity (Wildman–Crippen MR) is 115 cm³/mol. The van der Waals surface area contributed by atoms with E-state index in [-0.39, 0.29) is 46.1 Å². The molecule has 4 aliphatic carbocycles. The molecule has 4 saturated carbocycles. The van der Waals surface area contributed by atoms with Crippen LogP contribution in [0.2, 0.25) is 0 Å². The highest BCUT2D eigenvalue weighted by atomic mass is 16.9. The van der Waals surface area contributed by atoms with Gasteiger partial charge in [0.25, 0.3) is 5.97 Å². The van der Waals surface area contributed by atoms with Crippen LogP contribution in [0.25, 0.3) is 0 Å². The summed E-state index contributed by atoms with van der Waals surface area (Å²) in [5, 5.41) is 12.4. The first-order valence-corrected chi connectivity index (χ1v) is 12.5. The van der Waals surface area contributed by atoms with Crippen LogP contribution in [0, 0.1) is 22.7 Å². The molecule has 7 aliphatic rings. The Kier molecular flexibility index (Phi) is 3.71. The number of aliphatic hydroxyl groups is 1. The zero-order chi connectivity index (χ0) is 22.1. The van der Waals surface area contributed by atoms with E-state index in [0.29, 0.717) is 5.92 Å². The number of rotatable bonds is 1. The molecule has 1 aromatic heterocycles. The lowest BCUT2D eigenvalue weighted by atomic mass is 9.40. The molecule has 3 saturated heterocycles. The maximum Gasteiger partial charge on any atom is 0.335 e. The third-order valence-corrected chi connectivity index (χ3v) is 11.2. The Labute approximate surface area is 188 Å². The quantitative estimate of drug-likeness (QED) is 0.706. The summed E-state index contributed by atoms with van der Waals surface area (Å²) in [6.45, 7) is 6.60. The zero-order valence-corrected chi connectivity index (χ0v) is 19.3. The van der Waals surface area contributed by atoms with E-state index in [9.17, 15) is 9.90 Å². The van der Waals surface area contributed by atoms with Gasteiger partial charge in [-0.1, -0.05) is 13.8 Å². The van der Waals surface area contributed by atoms with Gasteiger partial charge in [-0.05, 0) is 67.9 Å². The summed E-state index contributed by atoms with van der Waals surface area (Å²) in [4.78, 5) is 11.5. The average Bonchev–Trinajstić information content (AvgIpc) is 3.01. The van der Waals surface area contributed by atoms with E-state index in [1.807, 2.05) is 13.0 Å². The van der Waals surface area contributed by atoms with E-state index in [4.69, 9.17) is 18.6 Å². The highest BCUT2D eigenvalue weighted by Gasteiger charge is 2.77. The molecule has 0 amide bonds. The summed E-state index contributed by atoms with van der Waals surface area (Å²) in [5.41, 5.74) is -0.538. The molecule has 10 atom stereocenters. The molecule has 4 bridgehead atoms. The Morgan fingerprint density at radius 1 is 1.00 bits per heavy atom. The minimum atomic E-state index is -0.909. The summed E-state index contributed by atoms with van der Waals surface area (Å²) >= 11 is 0. The van der Waals surface area contributed by atoms with Gasteiger partial charge in [0.1, 0.15) is 0 Å². The van der Waals surface area contributed by atoms with E-state index in [1.165, 1.54) is 6.07 Å². The first-order chi connectivity index (χ1) is 15.1. The molecule has 174 valence electrons. The molecular weight excluding hydrogens is 408 g/mol. The molecule has 8 rings (SSSR count). The van der Waals surface area contributed by atoms with Gasteiger partial charge in [0, 0.05) is 36.7 Å². The van der Waals surface area contributed by atoms with Crippen molar-refractivity contribution in [2.24, 2.45) is 22.7 Å². The van der Waals surface area contributed by atoms with Crippen LogP contribution in [0.5, 0.6) is 0 Å². The Morgan fingerprint density at radius 2 is 1.81 bits per heavy atom. The fourth-order valence-corrected chi connectivity index (χ4v) is 9.76. The van der Waals surface area contributed by atoms with Crippen LogP contribution in [0.1, 0.15) is 83.6 Å². The van der Waals surface area contributed by atoms with Gasteiger partial charge in [-0.3, -0.25) is 0 Å². The molecule has 1 aromatic rings. The van der Waals surface area contributed by atoms with E-state index in [0.717, 1.165) is 56.9 Å². The number of hydrogen-bond donors (Lipinski definition) is 1. The van der Waals surface area contributed by atoms with Crippen LogP contribution < -0.4 is 5.63 Å². The highest BCUT2D eigenvalue weighted by molar-refractivity contribution is 5.29. The second-order valence-corrected chi connectivity index (χ2v) is 12.1. The molecule has 7 fully saturated rings. The largest absolute Gasteiger partial charge is 0.431 e. The van der Waals surface area contributed by atoms with Crippen molar-refractivity contribution in [1.29, 1.82) is 0 Å². The van der Waals surface area contributed by atoms with Crippen molar-refractivity contribution < 1.29 is 23.7 Å². The van der Waals surface area contributed by atoms with Gasteiger partial charge in [-0.2, -0.15) is 0 Å². The van der Waals surface area contributed by atoms with Gasteiger partial charge in [-0.25, -0.2) is 4.79 Å². The summed E-state index contributed by atoms with van der Waals surface area (Å²) in [7, 11) is 0. The maximum absolute atomic E-state index is 12.4. The molecule has 3 aliphatic heterocycles. The Bertz CT molecular complexity index is 1020. The topological polar surface area (TPSA) is 78.1 Å². The SMILES string of the molecule is CC12OC3CC(O1)C1(C)C4CCC5(C)C(c6ccc(=O)oc6)CCC5(O)C4CCC1(C3)O2. The van der Waals surface area contributed by atoms with Crippen molar-refractivity contribution in [3.05, 3.63) is 34.4 Å². The second kappa shape index (κ2) is 5.88. The van der Waals surface area contributed by atoms with Gasteiger partial charge in [0.15, 0.2) is 0 Å². The summed E-state index contributed by atoms with van der Waals surface area (Å²) in [5.74, 6) is -0.0975. The number of hydrogen-bond acceptors (Lipinski definition) is 6. The monoisotopic (exact) mass is 442 g/mol. The lowest BCUT2D eigenvalue weighted by Crippen LogP contribution is -2.79. The van der Waals surface area contributed by atoms with E-state index in [1.54, 1.807) is 6.26 Å². The van der Waals surface area contributed by atoms with Crippen molar-refractivity contribution in [2.45, 2.75) is 107 Å². The van der Waals surface area contributed by atoms with Gasteiger partial charge < -0.3 is 23.7 Å². The fraction of sp³-hybridized carbons (Fsp3) is 0.808.